The van der Waals surface area contributed by atoms with E-state index in [9.17, 15) is 0 Å². The fourth-order valence-corrected chi connectivity index (χ4v) is 4.06. The largest absolute Gasteiger partial charge is 0.497 e. The van der Waals surface area contributed by atoms with Crippen LogP contribution in [0.25, 0.3) is 15.9 Å². The average Bonchev–Trinajstić information content (AvgIpc) is 3.21. The third-order valence-electron chi connectivity index (χ3n) is 3.21. The molecule has 6 nitrogen and oxygen atoms in total. The SMILES string of the molecule is COc1ccc(-n2nnnc2Sc2nc3ccccc3s2)cc1. The minimum atomic E-state index is 0.675. The van der Waals surface area contributed by atoms with Crippen LogP contribution < -0.4 is 4.74 Å². The van der Waals surface area contributed by atoms with E-state index in [4.69, 9.17) is 4.74 Å². The van der Waals surface area contributed by atoms with Crippen molar-refractivity contribution in [2.45, 2.75) is 9.50 Å². The van der Waals surface area contributed by atoms with Crippen molar-refractivity contribution >= 4 is 33.3 Å². The van der Waals surface area contributed by atoms with Crippen LogP contribution in [0.3, 0.4) is 0 Å². The Kier molecular flexibility index (Phi) is 3.68. The zero-order valence-electron chi connectivity index (χ0n) is 12.1. The number of hydrogen-bond acceptors (Lipinski definition) is 7. The van der Waals surface area contributed by atoms with Crippen molar-refractivity contribution in [3.63, 3.8) is 0 Å². The summed E-state index contributed by atoms with van der Waals surface area (Å²) in [5, 5.41) is 12.6. The standard InChI is InChI=1S/C15H11N5OS2/c1-21-11-8-6-10(7-9-11)20-14(17-18-19-20)23-15-16-12-4-2-3-5-13(12)22-15/h2-9H,1H3. The van der Waals surface area contributed by atoms with Crippen LogP contribution in [0.4, 0.5) is 0 Å². The van der Waals surface area contributed by atoms with Gasteiger partial charge in [-0.2, -0.15) is 4.68 Å². The maximum atomic E-state index is 5.17. The number of ether oxygens (including phenoxy) is 1. The molecule has 4 rings (SSSR count). The molecule has 0 atom stereocenters. The van der Waals surface area contributed by atoms with E-state index in [2.05, 4.69) is 26.6 Å². The molecular formula is C15H11N5OS2. The highest BCUT2D eigenvalue weighted by Crippen LogP contribution is 2.33. The second kappa shape index (κ2) is 5.98. The fraction of sp³-hybridized carbons (Fsp3) is 0.0667. The molecule has 0 bridgehead atoms. The maximum Gasteiger partial charge on any atom is 0.221 e. The number of fused-ring (bicyclic) bond motifs is 1. The Bertz CT molecular complexity index is 915. The highest BCUT2D eigenvalue weighted by molar-refractivity contribution is 8.01. The van der Waals surface area contributed by atoms with Gasteiger partial charge in [0.25, 0.3) is 0 Å². The summed E-state index contributed by atoms with van der Waals surface area (Å²) in [6, 6.07) is 15.6. The minimum absolute atomic E-state index is 0.675. The number of aromatic nitrogens is 5. The van der Waals surface area contributed by atoms with Crippen LogP contribution in [0.2, 0.25) is 0 Å². The molecule has 2 aromatic heterocycles. The number of thiazole rings is 1. The Hall–Kier alpha value is -2.45. The van der Waals surface area contributed by atoms with Crippen LogP contribution in [-0.4, -0.2) is 32.3 Å². The zero-order valence-corrected chi connectivity index (χ0v) is 13.7. The third-order valence-corrected chi connectivity index (χ3v) is 5.24. The molecule has 0 aliphatic rings. The Morgan fingerprint density at radius 3 is 2.70 bits per heavy atom. The van der Waals surface area contributed by atoms with Crippen molar-refractivity contribution < 1.29 is 4.74 Å². The molecule has 0 amide bonds. The summed E-state index contributed by atoms with van der Waals surface area (Å²) in [4.78, 5) is 4.60. The first-order valence-corrected chi connectivity index (χ1v) is 8.43. The fourth-order valence-electron chi connectivity index (χ4n) is 2.10. The lowest BCUT2D eigenvalue weighted by Gasteiger charge is -2.04. The van der Waals surface area contributed by atoms with Gasteiger partial charge in [0, 0.05) is 0 Å². The van der Waals surface area contributed by atoms with E-state index in [0.29, 0.717) is 5.16 Å². The van der Waals surface area contributed by atoms with E-state index in [-0.39, 0.29) is 0 Å². The first-order chi connectivity index (χ1) is 11.3. The number of tetrazole rings is 1. The van der Waals surface area contributed by atoms with Crippen LogP contribution in [0, 0.1) is 0 Å². The van der Waals surface area contributed by atoms with Crippen LogP contribution in [0.5, 0.6) is 5.75 Å². The smallest absolute Gasteiger partial charge is 0.221 e. The second-order valence-corrected chi connectivity index (χ2v) is 6.87. The predicted molar refractivity (Wildman–Crippen MR) is 89.4 cm³/mol. The first-order valence-electron chi connectivity index (χ1n) is 6.80. The lowest BCUT2D eigenvalue weighted by atomic mass is 10.3. The molecule has 0 aliphatic heterocycles. The first kappa shape index (κ1) is 14.2. The Morgan fingerprint density at radius 1 is 1.09 bits per heavy atom. The van der Waals surface area contributed by atoms with E-state index in [1.54, 1.807) is 23.1 Å². The summed E-state index contributed by atoms with van der Waals surface area (Å²) >= 11 is 3.08. The molecule has 8 heteroatoms. The molecule has 0 saturated carbocycles. The van der Waals surface area contributed by atoms with Crippen LogP contribution >= 0.6 is 23.1 Å². The maximum absolute atomic E-state index is 5.17. The predicted octanol–water partition coefficient (Wildman–Crippen LogP) is 3.43. The van der Waals surface area contributed by atoms with E-state index in [1.807, 2.05) is 42.5 Å². The van der Waals surface area contributed by atoms with Crippen molar-refractivity contribution in [2.75, 3.05) is 7.11 Å². The second-order valence-electron chi connectivity index (χ2n) is 4.62. The lowest BCUT2D eigenvalue weighted by molar-refractivity contribution is 0.414. The van der Waals surface area contributed by atoms with Crippen molar-refractivity contribution in [1.82, 2.24) is 25.2 Å². The van der Waals surface area contributed by atoms with Crippen LogP contribution in [-0.2, 0) is 0 Å². The topological polar surface area (TPSA) is 65.7 Å². The average molecular weight is 341 g/mol. The zero-order chi connectivity index (χ0) is 15.6. The van der Waals surface area contributed by atoms with Gasteiger partial charge in [-0.1, -0.05) is 12.1 Å². The van der Waals surface area contributed by atoms with Gasteiger partial charge in [0.2, 0.25) is 5.16 Å². The molecule has 0 saturated heterocycles. The Balaban J connectivity index is 1.66. The lowest BCUT2D eigenvalue weighted by Crippen LogP contribution is -1.98. The summed E-state index contributed by atoms with van der Waals surface area (Å²) in [6.07, 6.45) is 0. The van der Waals surface area contributed by atoms with E-state index in [0.717, 1.165) is 26.0 Å². The van der Waals surface area contributed by atoms with E-state index < -0.39 is 0 Å². The van der Waals surface area contributed by atoms with Crippen molar-refractivity contribution in [1.29, 1.82) is 0 Å². The molecule has 2 aromatic carbocycles. The molecule has 0 radical (unpaired) electrons. The number of hydrogen-bond donors (Lipinski definition) is 0. The number of methoxy groups -OCH3 is 1. The normalized spacial score (nSPS) is 11.0. The molecule has 0 unspecified atom stereocenters. The van der Waals surface area contributed by atoms with Crippen LogP contribution in [0.1, 0.15) is 0 Å². The molecule has 0 fully saturated rings. The van der Waals surface area contributed by atoms with Crippen molar-refractivity contribution in [3.8, 4) is 11.4 Å². The molecule has 4 aromatic rings. The number of rotatable bonds is 4. The highest BCUT2D eigenvalue weighted by Gasteiger charge is 2.13. The number of nitrogens with zero attached hydrogens (tertiary/aromatic N) is 5. The van der Waals surface area contributed by atoms with Gasteiger partial charge in [0.1, 0.15) is 5.75 Å². The Labute approximate surface area is 140 Å². The summed E-state index contributed by atoms with van der Waals surface area (Å²) < 4.78 is 8.93. The summed E-state index contributed by atoms with van der Waals surface area (Å²) in [5.41, 5.74) is 1.86. The number of benzene rings is 2. The van der Waals surface area contributed by atoms with Crippen LogP contribution in [0.15, 0.2) is 58.0 Å². The summed E-state index contributed by atoms with van der Waals surface area (Å²) in [6.45, 7) is 0. The van der Waals surface area contributed by atoms with Gasteiger partial charge in [0.15, 0.2) is 4.34 Å². The molecule has 0 spiro atoms. The van der Waals surface area contributed by atoms with Gasteiger partial charge in [-0.25, -0.2) is 4.98 Å². The quantitative estimate of drug-likeness (QED) is 0.566. The van der Waals surface area contributed by atoms with Gasteiger partial charge in [0.05, 0.1) is 23.0 Å². The van der Waals surface area contributed by atoms with E-state index >= 15 is 0 Å². The minimum Gasteiger partial charge on any atom is -0.497 e. The molecule has 0 aliphatic carbocycles. The molecule has 0 N–H and O–H groups in total. The number of para-hydroxylation sites is 1. The van der Waals surface area contributed by atoms with Gasteiger partial charge >= 0.3 is 0 Å². The molecule has 2 heterocycles. The van der Waals surface area contributed by atoms with Gasteiger partial charge in [-0.05, 0) is 58.6 Å². The molecule has 114 valence electrons. The summed E-state index contributed by atoms with van der Waals surface area (Å²) in [5.74, 6) is 0.794. The molecular weight excluding hydrogens is 330 g/mol. The van der Waals surface area contributed by atoms with Gasteiger partial charge in [-0.3, -0.25) is 0 Å². The van der Waals surface area contributed by atoms with Crippen molar-refractivity contribution in [2.24, 2.45) is 0 Å². The molecule has 23 heavy (non-hydrogen) atoms. The van der Waals surface area contributed by atoms with Crippen molar-refractivity contribution in [3.05, 3.63) is 48.5 Å². The summed E-state index contributed by atoms with van der Waals surface area (Å²) in [7, 11) is 1.64. The third kappa shape index (κ3) is 2.78. The van der Waals surface area contributed by atoms with Gasteiger partial charge < -0.3 is 4.74 Å². The van der Waals surface area contributed by atoms with E-state index in [1.165, 1.54) is 11.8 Å². The van der Waals surface area contributed by atoms with Gasteiger partial charge in [-0.15, -0.1) is 16.4 Å². The monoisotopic (exact) mass is 341 g/mol. The Morgan fingerprint density at radius 2 is 1.91 bits per heavy atom. The highest BCUT2D eigenvalue weighted by atomic mass is 32.2.